The molecule has 1 saturated heterocycles. The molecule has 0 aliphatic carbocycles. The van der Waals surface area contributed by atoms with E-state index in [-0.39, 0.29) is 5.91 Å². The van der Waals surface area contributed by atoms with E-state index in [1.807, 2.05) is 17.0 Å². The Morgan fingerprint density at radius 3 is 2.57 bits per heavy atom. The van der Waals surface area contributed by atoms with Gasteiger partial charge < -0.3 is 4.90 Å². The molecule has 1 amide bonds. The van der Waals surface area contributed by atoms with E-state index in [0.29, 0.717) is 5.75 Å². The van der Waals surface area contributed by atoms with Crippen molar-refractivity contribution in [2.45, 2.75) is 31.7 Å². The molecule has 0 saturated carbocycles. The highest BCUT2D eigenvalue weighted by Crippen LogP contribution is 2.24. The number of hydrogen-bond donors (Lipinski definition) is 0. The van der Waals surface area contributed by atoms with Crippen molar-refractivity contribution in [1.82, 2.24) is 15.1 Å². The van der Waals surface area contributed by atoms with Crippen LogP contribution in [0.1, 0.15) is 24.0 Å². The highest BCUT2D eigenvalue weighted by atomic mass is 32.2. The zero-order chi connectivity index (χ0) is 16.2. The highest BCUT2D eigenvalue weighted by Gasteiger charge is 2.18. The molecule has 1 fully saturated rings. The second-order valence-corrected chi connectivity index (χ2v) is 6.95. The van der Waals surface area contributed by atoms with Crippen LogP contribution in [0.15, 0.2) is 35.4 Å². The van der Waals surface area contributed by atoms with Gasteiger partial charge in [-0.15, -0.1) is 10.2 Å². The number of hydrogen-bond acceptors (Lipinski definition) is 4. The third-order valence-electron chi connectivity index (χ3n) is 4.10. The number of likely N-dealkylation sites (tertiary alicyclic amines) is 1. The molecular formula is C18H21N3OS. The Morgan fingerprint density at radius 1 is 1.13 bits per heavy atom. The largest absolute Gasteiger partial charge is 0.342 e. The van der Waals surface area contributed by atoms with Crippen LogP contribution >= 0.6 is 11.8 Å². The number of rotatable bonds is 4. The van der Waals surface area contributed by atoms with E-state index in [1.54, 1.807) is 0 Å². The lowest BCUT2D eigenvalue weighted by molar-refractivity contribution is -0.127. The molecule has 1 aromatic carbocycles. The molecule has 0 bridgehead atoms. The van der Waals surface area contributed by atoms with E-state index < -0.39 is 0 Å². The number of amides is 1. The number of aryl methyl sites for hydroxylation is 2. The van der Waals surface area contributed by atoms with Gasteiger partial charge in [0.15, 0.2) is 0 Å². The van der Waals surface area contributed by atoms with Gasteiger partial charge in [-0.2, -0.15) is 0 Å². The third-order valence-corrected chi connectivity index (χ3v) is 5.01. The Hall–Kier alpha value is -1.88. The topological polar surface area (TPSA) is 46.1 Å². The summed E-state index contributed by atoms with van der Waals surface area (Å²) in [6.07, 6.45) is 2.25. The smallest absolute Gasteiger partial charge is 0.232 e. The predicted molar refractivity (Wildman–Crippen MR) is 93.5 cm³/mol. The summed E-state index contributed by atoms with van der Waals surface area (Å²) in [6.45, 7) is 5.97. The molecule has 0 spiro atoms. The average Bonchev–Trinajstić information content (AvgIpc) is 3.08. The normalized spacial score (nSPS) is 14.3. The van der Waals surface area contributed by atoms with Crippen LogP contribution < -0.4 is 0 Å². The van der Waals surface area contributed by atoms with E-state index >= 15 is 0 Å². The van der Waals surface area contributed by atoms with Crippen LogP contribution in [-0.2, 0) is 4.79 Å². The van der Waals surface area contributed by atoms with E-state index in [4.69, 9.17) is 0 Å². The van der Waals surface area contributed by atoms with Crippen molar-refractivity contribution in [3.05, 3.63) is 41.5 Å². The Kier molecular flexibility index (Phi) is 4.96. The zero-order valence-electron chi connectivity index (χ0n) is 13.6. The van der Waals surface area contributed by atoms with Crippen LogP contribution in [0.2, 0.25) is 0 Å². The van der Waals surface area contributed by atoms with Gasteiger partial charge in [-0.3, -0.25) is 4.79 Å². The van der Waals surface area contributed by atoms with Crippen LogP contribution in [0.3, 0.4) is 0 Å². The van der Waals surface area contributed by atoms with Crippen LogP contribution in [0, 0.1) is 13.8 Å². The van der Waals surface area contributed by atoms with E-state index in [2.05, 4.69) is 42.2 Å². The number of benzene rings is 1. The van der Waals surface area contributed by atoms with Crippen molar-refractivity contribution < 1.29 is 4.79 Å². The van der Waals surface area contributed by atoms with Crippen LogP contribution in [0.5, 0.6) is 0 Å². The monoisotopic (exact) mass is 327 g/mol. The van der Waals surface area contributed by atoms with Crippen molar-refractivity contribution in [1.29, 1.82) is 0 Å². The Bertz CT molecular complexity index is 694. The maximum atomic E-state index is 12.0. The summed E-state index contributed by atoms with van der Waals surface area (Å²) in [5.74, 6) is 0.644. The maximum Gasteiger partial charge on any atom is 0.232 e. The molecule has 0 radical (unpaired) electrons. The summed E-state index contributed by atoms with van der Waals surface area (Å²) in [4.78, 5) is 14.0. The fourth-order valence-electron chi connectivity index (χ4n) is 2.84. The first-order chi connectivity index (χ1) is 11.1. The molecule has 1 aliphatic rings. The number of carbonyl (C=O) groups is 1. The zero-order valence-corrected chi connectivity index (χ0v) is 14.4. The number of carbonyl (C=O) groups excluding carboxylic acids is 1. The quantitative estimate of drug-likeness (QED) is 0.807. The van der Waals surface area contributed by atoms with Gasteiger partial charge in [0.2, 0.25) is 5.91 Å². The molecule has 23 heavy (non-hydrogen) atoms. The lowest BCUT2D eigenvalue weighted by atomic mass is 10.0. The molecule has 0 atom stereocenters. The molecule has 5 heteroatoms. The molecule has 120 valence electrons. The molecule has 2 heterocycles. The van der Waals surface area contributed by atoms with Gasteiger partial charge in [-0.25, -0.2) is 0 Å². The highest BCUT2D eigenvalue weighted by molar-refractivity contribution is 7.99. The molecule has 2 aromatic rings. The van der Waals surface area contributed by atoms with Gasteiger partial charge in [0.25, 0.3) is 0 Å². The summed E-state index contributed by atoms with van der Waals surface area (Å²) < 4.78 is 0. The molecular weight excluding hydrogens is 306 g/mol. The molecule has 3 rings (SSSR count). The number of aromatic nitrogens is 2. The van der Waals surface area contributed by atoms with Gasteiger partial charge in [0, 0.05) is 18.7 Å². The molecule has 1 aromatic heterocycles. The van der Waals surface area contributed by atoms with Crippen LogP contribution in [0.4, 0.5) is 0 Å². The fourth-order valence-corrected chi connectivity index (χ4v) is 3.55. The Labute approximate surface area is 141 Å². The number of nitrogens with zero attached hydrogens (tertiary/aromatic N) is 3. The Morgan fingerprint density at radius 2 is 1.91 bits per heavy atom. The van der Waals surface area contributed by atoms with Gasteiger partial charge in [-0.05, 0) is 44.4 Å². The minimum atomic E-state index is 0.202. The maximum absolute atomic E-state index is 12.0. The second-order valence-electron chi connectivity index (χ2n) is 5.95. The van der Waals surface area contributed by atoms with Crippen molar-refractivity contribution in [3.63, 3.8) is 0 Å². The first-order valence-electron chi connectivity index (χ1n) is 7.95. The van der Waals surface area contributed by atoms with Gasteiger partial charge in [0.1, 0.15) is 5.03 Å². The first kappa shape index (κ1) is 16.0. The summed E-state index contributed by atoms with van der Waals surface area (Å²) in [5.41, 5.74) is 4.42. The summed E-state index contributed by atoms with van der Waals surface area (Å²) >= 11 is 1.46. The molecule has 4 nitrogen and oxygen atoms in total. The van der Waals surface area contributed by atoms with Gasteiger partial charge in [-0.1, -0.05) is 35.5 Å². The summed E-state index contributed by atoms with van der Waals surface area (Å²) in [6, 6.07) is 10.2. The van der Waals surface area contributed by atoms with E-state index in [9.17, 15) is 4.79 Å². The minimum absolute atomic E-state index is 0.202. The predicted octanol–water partition coefficient (Wildman–Crippen LogP) is 3.47. The Balaban J connectivity index is 1.63. The lowest BCUT2D eigenvalue weighted by Gasteiger charge is -2.14. The molecule has 0 unspecified atom stereocenters. The first-order valence-corrected chi connectivity index (χ1v) is 8.94. The summed E-state index contributed by atoms with van der Waals surface area (Å²) in [5, 5.41) is 9.38. The third kappa shape index (κ3) is 3.91. The van der Waals surface area contributed by atoms with Crippen molar-refractivity contribution in [2.75, 3.05) is 18.8 Å². The van der Waals surface area contributed by atoms with Crippen molar-refractivity contribution >= 4 is 17.7 Å². The fraction of sp³-hybridized carbons (Fsp3) is 0.389. The van der Waals surface area contributed by atoms with E-state index in [0.717, 1.165) is 42.2 Å². The van der Waals surface area contributed by atoms with Crippen molar-refractivity contribution in [2.24, 2.45) is 0 Å². The molecule has 1 aliphatic heterocycles. The lowest BCUT2D eigenvalue weighted by Crippen LogP contribution is -2.29. The SMILES string of the molecule is Cc1ccc(-c2ccc(SCC(=O)N3CCCC3)nn2)c(C)c1. The van der Waals surface area contributed by atoms with Crippen LogP contribution in [-0.4, -0.2) is 39.8 Å². The second kappa shape index (κ2) is 7.13. The van der Waals surface area contributed by atoms with E-state index in [1.165, 1.54) is 22.9 Å². The van der Waals surface area contributed by atoms with Gasteiger partial charge in [0.05, 0.1) is 11.4 Å². The number of thioether (sulfide) groups is 1. The van der Waals surface area contributed by atoms with Gasteiger partial charge >= 0.3 is 0 Å². The molecule has 0 N–H and O–H groups in total. The minimum Gasteiger partial charge on any atom is -0.342 e. The van der Waals surface area contributed by atoms with Crippen LogP contribution in [0.25, 0.3) is 11.3 Å². The average molecular weight is 327 g/mol. The van der Waals surface area contributed by atoms with Crippen molar-refractivity contribution in [3.8, 4) is 11.3 Å². The summed E-state index contributed by atoms with van der Waals surface area (Å²) in [7, 11) is 0. The standard InChI is InChI=1S/C18H21N3OS/c1-13-5-6-15(14(2)11-13)16-7-8-17(20-19-16)23-12-18(22)21-9-3-4-10-21/h5-8,11H,3-4,9-10,12H2,1-2H3.